The molecule has 4 aromatic rings. The van der Waals surface area contributed by atoms with E-state index in [2.05, 4.69) is 16.2 Å². The Labute approximate surface area is 180 Å². The first kappa shape index (κ1) is 20.4. The topological polar surface area (TPSA) is 85.3 Å². The predicted molar refractivity (Wildman–Crippen MR) is 117 cm³/mol. The average molecular weight is 413 g/mol. The van der Waals surface area contributed by atoms with Gasteiger partial charge in [-0.2, -0.15) is 10.4 Å². The minimum Gasteiger partial charge on any atom is -0.497 e. The van der Waals surface area contributed by atoms with Gasteiger partial charge in [-0.25, -0.2) is 9.50 Å². The van der Waals surface area contributed by atoms with Crippen LogP contribution in [0.15, 0.2) is 54.9 Å². The third kappa shape index (κ3) is 4.05. The summed E-state index contributed by atoms with van der Waals surface area (Å²) in [5.41, 5.74) is 3.75. The number of aromatic nitrogens is 4. The summed E-state index contributed by atoms with van der Waals surface area (Å²) < 4.78 is 12.5. The molecule has 0 saturated carbocycles. The summed E-state index contributed by atoms with van der Waals surface area (Å²) in [5, 5.41) is 14.0. The Balaban J connectivity index is 1.69. The Morgan fingerprint density at radius 1 is 1.03 bits per heavy atom. The largest absolute Gasteiger partial charge is 0.497 e. The van der Waals surface area contributed by atoms with Crippen molar-refractivity contribution in [3.8, 4) is 28.8 Å². The standard InChI is InChI=1S/C24H23N5O2/c1-24(2,15-25)18-7-5-17(6-8-18)22-23-27-21(28-29(23)10-9-26-22)13-16-11-19(30-3)14-20(12-16)31-4/h5-12,14H,13H2,1-4H3. The van der Waals surface area contributed by atoms with Gasteiger partial charge in [0.2, 0.25) is 0 Å². The Hall–Kier alpha value is -3.92. The summed E-state index contributed by atoms with van der Waals surface area (Å²) in [4.78, 5) is 9.27. The van der Waals surface area contributed by atoms with Crippen molar-refractivity contribution in [1.82, 2.24) is 19.6 Å². The molecule has 0 bridgehead atoms. The lowest BCUT2D eigenvalue weighted by Gasteiger charge is -2.15. The fraction of sp³-hybridized carbons (Fsp3) is 0.250. The van der Waals surface area contributed by atoms with Crippen LogP contribution < -0.4 is 9.47 Å². The van der Waals surface area contributed by atoms with E-state index in [4.69, 9.17) is 14.5 Å². The summed E-state index contributed by atoms with van der Waals surface area (Å²) in [6.07, 6.45) is 4.03. The molecule has 0 amide bonds. The Morgan fingerprint density at radius 3 is 2.32 bits per heavy atom. The molecule has 0 unspecified atom stereocenters. The van der Waals surface area contributed by atoms with Crippen molar-refractivity contribution in [2.75, 3.05) is 14.2 Å². The van der Waals surface area contributed by atoms with Crippen molar-refractivity contribution in [1.29, 1.82) is 5.26 Å². The van der Waals surface area contributed by atoms with Crippen LogP contribution in [0.1, 0.15) is 30.8 Å². The van der Waals surface area contributed by atoms with Gasteiger partial charge in [0.05, 0.1) is 25.7 Å². The van der Waals surface area contributed by atoms with E-state index in [1.807, 2.05) is 56.3 Å². The number of fused-ring (bicyclic) bond motifs is 1. The van der Waals surface area contributed by atoms with E-state index in [1.54, 1.807) is 31.1 Å². The zero-order chi connectivity index (χ0) is 22.0. The van der Waals surface area contributed by atoms with Gasteiger partial charge in [-0.3, -0.25) is 4.98 Å². The number of nitrogens with zero attached hydrogens (tertiary/aromatic N) is 5. The van der Waals surface area contributed by atoms with Crippen LogP contribution in [0.25, 0.3) is 16.9 Å². The van der Waals surface area contributed by atoms with E-state index in [0.29, 0.717) is 17.9 Å². The van der Waals surface area contributed by atoms with Gasteiger partial charge in [-0.05, 0) is 37.1 Å². The molecule has 0 aliphatic heterocycles. The summed E-state index contributed by atoms with van der Waals surface area (Å²) in [7, 11) is 3.26. The van der Waals surface area contributed by atoms with E-state index in [9.17, 15) is 5.26 Å². The van der Waals surface area contributed by atoms with Gasteiger partial charge >= 0.3 is 0 Å². The van der Waals surface area contributed by atoms with Crippen LogP contribution in [0, 0.1) is 11.3 Å². The lowest BCUT2D eigenvalue weighted by atomic mass is 9.86. The molecule has 7 heteroatoms. The Bertz CT molecular complexity index is 1250. The third-order valence-corrected chi connectivity index (χ3v) is 5.23. The number of hydrogen-bond acceptors (Lipinski definition) is 6. The minimum absolute atomic E-state index is 0.532. The number of hydrogen-bond donors (Lipinski definition) is 0. The van der Waals surface area contributed by atoms with E-state index in [-0.39, 0.29) is 0 Å². The molecule has 0 atom stereocenters. The predicted octanol–water partition coefficient (Wildman–Crippen LogP) is 4.20. The Kier molecular flexibility index (Phi) is 5.30. The molecular formula is C24H23N5O2. The normalized spacial score (nSPS) is 11.3. The highest BCUT2D eigenvalue weighted by molar-refractivity contribution is 5.73. The van der Waals surface area contributed by atoms with Crippen LogP contribution in [0.3, 0.4) is 0 Å². The lowest BCUT2D eigenvalue weighted by molar-refractivity contribution is 0.393. The molecule has 7 nitrogen and oxygen atoms in total. The van der Waals surface area contributed by atoms with E-state index in [1.165, 1.54) is 0 Å². The first-order valence-electron chi connectivity index (χ1n) is 9.88. The van der Waals surface area contributed by atoms with Crippen molar-refractivity contribution in [2.24, 2.45) is 0 Å². The van der Waals surface area contributed by atoms with Crippen LogP contribution in [-0.2, 0) is 11.8 Å². The molecule has 0 spiro atoms. The minimum atomic E-state index is -0.544. The van der Waals surface area contributed by atoms with Crippen LogP contribution in [0.2, 0.25) is 0 Å². The highest BCUT2D eigenvalue weighted by Gasteiger charge is 2.20. The molecular weight excluding hydrogens is 390 g/mol. The molecule has 2 aromatic carbocycles. The Morgan fingerprint density at radius 2 is 1.71 bits per heavy atom. The highest BCUT2D eigenvalue weighted by atomic mass is 16.5. The fourth-order valence-electron chi connectivity index (χ4n) is 3.40. The number of nitriles is 1. The van der Waals surface area contributed by atoms with Crippen molar-refractivity contribution < 1.29 is 9.47 Å². The summed E-state index contributed by atoms with van der Waals surface area (Å²) in [6.45, 7) is 3.80. The van der Waals surface area contributed by atoms with Gasteiger partial charge in [-0.15, -0.1) is 0 Å². The molecule has 0 fully saturated rings. The molecule has 0 aliphatic rings. The summed E-state index contributed by atoms with van der Waals surface area (Å²) >= 11 is 0. The molecule has 4 rings (SSSR count). The van der Waals surface area contributed by atoms with Gasteiger partial charge < -0.3 is 9.47 Å². The van der Waals surface area contributed by atoms with Crippen molar-refractivity contribution in [2.45, 2.75) is 25.7 Å². The quantitative estimate of drug-likeness (QED) is 0.471. The zero-order valence-corrected chi connectivity index (χ0v) is 18.0. The van der Waals surface area contributed by atoms with Gasteiger partial charge in [-0.1, -0.05) is 24.3 Å². The van der Waals surface area contributed by atoms with Crippen LogP contribution in [0.4, 0.5) is 0 Å². The second-order valence-electron chi connectivity index (χ2n) is 7.78. The fourth-order valence-corrected chi connectivity index (χ4v) is 3.40. The summed E-state index contributed by atoms with van der Waals surface area (Å²) in [5.74, 6) is 2.12. The second-order valence-corrected chi connectivity index (χ2v) is 7.78. The number of benzene rings is 2. The molecule has 0 saturated heterocycles. The summed E-state index contributed by atoms with van der Waals surface area (Å²) in [6, 6.07) is 15.9. The SMILES string of the molecule is COc1cc(Cc2nc3c(-c4ccc(C(C)(C)C#N)cc4)nccn3n2)cc(OC)c1. The molecule has 156 valence electrons. The number of ether oxygens (including phenoxy) is 2. The van der Waals surface area contributed by atoms with Crippen molar-refractivity contribution in [3.05, 3.63) is 71.8 Å². The lowest BCUT2D eigenvalue weighted by Crippen LogP contribution is -2.13. The third-order valence-electron chi connectivity index (χ3n) is 5.23. The van der Waals surface area contributed by atoms with Crippen molar-refractivity contribution in [3.63, 3.8) is 0 Å². The molecule has 31 heavy (non-hydrogen) atoms. The maximum absolute atomic E-state index is 9.37. The van der Waals surface area contributed by atoms with Gasteiger partial charge in [0.15, 0.2) is 11.5 Å². The molecule has 0 aliphatic carbocycles. The first-order valence-corrected chi connectivity index (χ1v) is 9.88. The van der Waals surface area contributed by atoms with Crippen LogP contribution >= 0.6 is 0 Å². The average Bonchev–Trinajstić information content (AvgIpc) is 3.21. The van der Waals surface area contributed by atoms with Crippen LogP contribution in [-0.4, -0.2) is 33.8 Å². The van der Waals surface area contributed by atoms with E-state index >= 15 is 0 Å². The highest BCUT2D eigenvalue weighted by Crippen LogP contribution is 2.28. The van der Waals surface area contributed by atoms with Crippen LogP contribution in [0.5, 0.6) is 11.5 Å². The van der Waals surface area contributed by atoms with E-state index < -0.39 is 5.41 Å². The van der Waals surface area contributed by atoms with Gasteiger partial charge in [0.1, 0.15) is 17.2 Å². The maximum Gasteiger partial charge on any atom is 0.181 e. The smallest absolute Gasteiger partial charge is 0.181 e. The molecule has 0 radical (unpaired) electrons. The zero-order valence-electron chi connectivity index (χ0n) is 18.0. The number of rotatable bonds is 6. The van der Waals surface area contributed by atoms with Gasteiger partial charge in [0, 0.05) is 30.4 Å². The number of methoxy groups -OCH3 is 2. The van der Waals surface area contributed by atoms with E-state index in [0.717, 1.165) is 33.9 Å². The van der Waals surface area contributed by atoms with Crippen molar-refractivity contribution >= 4 is 5.65 Å². The molecule has 0 N–H and O–H groups in total. The monoisotopic (exact) mass is 413 g/mol. The van der Waals surface area contributed by atoms with Gasteiger partial charge in [0.25, 0.3) is 0 Å². The first-order chi connectivity index (χ1) is 14.9. The molecule has 2 heterocycles. The molecule has 2 aromatic heterocycles. The second kappa shape index (κ2) is 8.07. The maximum atomic E-state index is 9.37.